The molecule has 0 heterocycles. The molecule has 0 radical (unpaired) electrons. The van der Waals surface area contributed by atoms with Crippen LogP contribution in [0.2, 0.25) is 0 Å². The highest BCUT2D eigenvalue weighted by molar-refractivity contribution is 9.10. The number of likely N-dealkylation sites (N-methyl/N-ethyl adjacent to an activating group) is 1. The van der Waals surface area contributed by atoms with Gasteiger partial charge in [0.25, 0.3) is 0 Å². The van der Waals surface area contributed by atoms with E-state index < -0.39 is 5.97 Å². The molecule has 1 aliphatic carbocycles. The van der Waals surface area contributed by atoms with Crippen LogP contribution >= 0.6 is 15.9 Å². The third-order valence-electron chi connectivity index (χ3n) is 3.98. The highest BCUT2D eigenvalue weighted by Crippen LogP contribution is 2.26. The number of hydrogen-bond donors (Lipinski definition) is 2. The molecule has 4 nitrogen and oxygen atoms in total. The van der Waals surface area contributed by atoms with Crippen LogP contribution < -0.4 is 0 Å². The lowest BCUT2D eigenvalue weighted by atomic mass is 9.91. The number of nitrogens with zero attached hydrogens (tertiary/aromatic N) is 1. The summed E-state index contributed by atoms with van der Waals surface area (Å²) >= 11 is 3.43. The predicted octanol–water partition coefficient (Wildman–Crippen LogP) is 2.88. The fraction of sp³-hybridized carbons (Fsp3) is 0.533. The number of aliphatic hydroxyl groups excluding tert-OH is 1. The van der Waals surface area contributed by atoms with Crippen LogP contribution in [-0.4, -0.2) is 40.3 Å². The fourth-order valence-corrected chi connectivity index (χ4v) is 3.30. The van der Waals surface area contributed by atoms with E-state index in [2.05, 4.69) is 20.8 Å². The van der Waals surface area contributed by atoms with E-state index >= 15 is 0 Å². The van der Waals surface area contributed by atoms with Crippen LogP contribution in [0.4, 0.5) is 0 Å². The molecule has 1 fully saturated rings. The molecule has 2 unspecified atom stereocenters. The van der Waals surface area contributed by atoms with Gasteiger partial charge in [0.15, 0.2) is 0 Å². The second kappa shape index (κ2) is 6.70. The first-order valence-corrected chi connectivity index (χ1v) is 7.68. The molecule has 0 aromatic heterocycles. The van der Waals surface area contributed by atoms with Crippen molar-refractivity contribution in [1.82, 2.24) is 4.90 Å². The van der Waals surface area contributed by atoms with Crippen LogP contribution in [0.25, 0.3) is 0 Å². The number of carboxylic acids is 1. The zero-order chi connectivity index (χ0) is 14.7. The van der Waals surface area contributed by atoms with Gasteiger partial charge in [-0.25, -0.2) is 4.79 Å². The second-order valence-corrected chi connectivity index (χ2v) is 6.30. The SMILES string of the molecule is CN(Cc1ccc(C(=O)O)cc1Br)C1CCCCC1O. The van der Waals surface area contributed by atoms with Gasteiger partial charge < -0.3 is 10.2 Å². The fourth-order valence-electron chi connectivity index (χ4n) is 2.80. The number of hydrogen-bond acceptors (Lipinski definition) is 3. The van der Waals surface area contributed by atoms with Crippen molar-refractivity contribution in [2.24, 2.45) is 0 Å². The third kappa shape index (κ3) is 3.59. The van der Waals surface area contributed by atoms with Crippen molar-refractivity contribution in [1.29, 1.82) is 0 Å². The number of carboxylic acid groups (broad SMARTS) is 1. The first kappa shape index (κ1) is 15.5. The maximum absolute atomic E-state index is 10.9. The maximum Gasteiger partial charge on any atom is 0.335 e. The summed E-state index contributed by atoms with van der Waals surface area (Å²) in [6, 6.07) is 5.27. The van der Waals surface area contributed by atoms with Crippen molar-refractivity contribution < 1.29 is 15.0 Å². The van der Waals surface area contributed by atoms with Crippen LogP contribution in [0, 0.1) is 0 Å². The van der Waals surface area contributed by atoms with Crippen molar-refractivity contribution in [3.05, 3.63) is 33.8 Å². The Morgan fingerprint density at radius 3 is 2.70 bits per heavy atom. The van der Waals surface area contributed by atoms with E-state index in [9.17, 15) is 9.90 Å². The van der Waals surface area contributed by atoms with Crippen molar-refractivity contribution >= 4 is 21.9 Å². The molecule has 1 aromatic rings. The quantitative estimate of drug-likeness (QED) is 0.883. The molecule has 5 heteroatoms. The van der Waals surface area contributed by atoms with E-state index in [1.807, 2.05) is 13.1 Å². The number of halogens is 1. The summed E-state index contributed by atoms with van der Waals surface area (Å²) in [5.41, 5.74) is 1.32. The standard InChI is InChI=1S/C15H20BrNO3/c1-17(13-4-2-3-5-14(13)18)9-11-7-6-10(15(19)20)8-12(11)16/h6-8,13-14,18H,2-5,9H2,1H3,(H,19,20). The summed E-state index contributed by atoms with van der Waals surface area (Å²) < 4.78 is 0.801. The first-order valence-electron chi connectivity index (χ1n) is 6.89. The average molecular weight is 342 g/mol. The highest BCUT2D eigenvalue weighted by atomic mass is 79.9. The van der Waals surface area contributed by atoms with Gasteiger partial charge >= 0.3 is 5.97 Å². The number of aromatic carboxylic acids is 1. The molecule has 2 rings (SSSR count). The average Bonchev–Trinajstić information content (AvgIpc) is 2.41. The van der Waals surface area contributed by atoms with E-state index in [4.69, 9.17) is 5.11 Å². The van der Waals surface area contributed by atoms with Crippen molar-refractivity contribution in [2.45, 2.75) is 44.4 Å². The molecule has 0 spiro atoms. The molecule has 1 aromatic carbocycles. The highest BCUT2D eigenvalue weighted by Gasteiger charge is 2.26. The zero-order valence-corrected chi connectivity index (χ0v) is 13.1. The van der Waals surface area contributed by atoms with E-state index in [0.717, 1.165) is 35.7 Å². The minimum Gasteiger partial charge on any atom is -0.478 e. The van der Waals surface area contributed by atoms with Crippen LogP contribution in [0.3, 0.4) is 0 Å². The van der Waals surface area contributed by atoms with Gasteiger partial charge in [-0.2, -0.15) is 0 Å². The molecule has 0 bridgehead atoms. The Hall–Kier alpha value is -0.910. The largest absolute Gasteiger partial charge is 0.478 e. The Balaban J connectivity index is 2.07. The summed E-state index contributed by atoms with van der Waals surface area (Å²) in [7, 11) is 2.01. The summed E-state index contributed by atoms with van der Waals surface area (Å²) in [5, 5.41) is 19.0. The Labute approximate surface area is 127 Å². The molecule has 2 atom stereocenters. The van der Waals surface area contributed by atoms with Crippen molar-refractivity contribution in [2.75, 3.05) is 7.05 Å². The molecule has 20 heavy (non-hydrogen) atoms. The van der Waals surface area contributed by atoms with Crippen LogP contribution in [0.5, 0.6) is 0 Å². The van der Waals surface area contributed by atoms with E-state index in [0.29, 0.717) is 6.54 Å². The van der Waals surface area contributed by atoms with Gasteiger partial charge in [-0.1, -0.05) is 34.8 Å². The van der Waals surface area contributed by atoms with Gasteiger partial charge in [-0.3, -0.25) is 4.90 Å². The van der Waals surface area contributed by atoms with Crippen LogP contribution in [-0.2, 0) is 6.54 Å². The minimum absolute atomic E-state index is 0.190. The number of rotatable bonds is 4. The van der Waals surface area contributed by atoms with E-state index in [1.54, 1.807) is 12.1 Å². The van der Waals surface area contributed by atoms with Gasteiger partial charge in [0, 0.05) is 17.1 Å². The van der Waals surface area contributed by atoms with E-state index in [-0.39, 0.29) is 17.7 Å². The Morgan fingerprint density at radius 2 is 2.10 bits per heavy atom. The molecule has 0 aliphatic heterocycles. The monoisotopic (exact) mass is 341 g/mol. The molecule has 2 N–H and O–H groups in total. The second-order valence-electron chi connectivity index (χ2n) is 5.45. The van der Waals surface area contributed by atoms with Gasteiger partial charge in [0.1, 0.15) is 0 Å². The third-order valence-corrected chi connectivity index (χ3v) is 4.72. The molecular weight excluding hydrogens is 322 g/mol. The van der Waals surface area contributed by atoms with Gasteiger partial charge in [0.05, 0.1) is 11.7 Å². The van der Waals surface area contributed by atoms with Crippen molar-refractivity contribution in [3.8, 4) is 0 Å². The van der Waals surface area contributed by atoms with Gasteiger partial charge in [-0.05, 0) is 37.6 Å². The molecule has 1 saturated carbocycles. The number of benzene rings is 1. The molecule has 110 valence electrons. The lowest BCUT2D eigenvalue weighted by Gasteiger charge is -2.35. The Bertz CT molecular complexity index is 492. The lowest BCUT2D eigenvalue weighted by Crippen LogP contribution is -2.42. The van der Waals surface area contributed by atoms with Gasteiger partial charge in [0.2, 0.25) is 0 Å². The smallest absolute Gasteiger partial charge is 0.335 e. The molecular formula is C15H20BrNO3. The molecule has 0 saturated heterocycles. The summed E-state index contributed by atoms with van der Waals surface area (Å²) in [4.78, 5) is 13.1. The van der Waals surface area contributed by atoms with Crippen molar-refractivity contribution in [3.63, 3.8) is 0 Å². The number of aliphatic hydroxyl groups is 1. The minimum atomic E-state index is -0.923. The lowest BCUT2D eigenvalue weighted by molar-refractivity contribution is 0.0287. The van der Waals surface area contributed by atoms with E-state index in [1.165, 1.54) is 0 Å². The first-order chi connectivity index (χ1) is 9.49. The summed E-state index contributed by atoms with van der Waals surface area (Å²) in [6.07, 6.45) is 3.88. The zero-order valence-electron chi connectivity index (χ0n) is 11.6. The van der Waals surface area contributed by atoms with Gasteiger partial charge in [-0.15, -0.1) is 0 Å². The Morgan fingerprint density at radius 1 is 1.40 bits per heavy atom. The normalized spacial score (nSPS) is 23.0. The predicted molar refractivity (Wildman–Crippen MR) is 80.8 cm³/mol. The van der Waals surface area contributed by atoms with Crippen LogP contribution in [0.1, 0.15) is 41.6 Å². The summed E-state index contributed by atoms with van der Waals surface area (Å²) in [5.74, 6) is -0.923. The van der Waals surface area contributed by atoms with Crippen LogP contribution in [0.15, 0.2) is 22.7 Å². The molecule has 1 aliphatic rings. The Kier molecular flexibility index (Phi) is 5.18. The topological polar surface area (TPSA) is 60.8 Å². The summed E-state index contributed by atoms with van der Waals surface area (Å²) in [6.45, 7) is 0.697. The number of carbonyl (C=O) groups is 1. The maximum atomic E-state index is 10.9. The molecule has 0 amide bonds.